The van der Waals surface area contributed by atoms with Crippen molar-refractivity contribution in [1.82, 2.24) is 4.90 Å². The van der Waals surface area contributed by atoms with E-state index < -0.39 is 0 Å². The smallest absolute Gasteiger partial charge is 0.0730 e. The van der Waals surface area contributed by atoms with Crippen molar-refractivity contribution >= 4 is 0 Å². The van der Waals surface area contributed by atoms with Crippen molar-refractivity contribution in [3.05, 3.63) is 0 Å². The molecule has 2 heteroatoms. The molecule has 0 aromatic carbocycles. The first-order chi connectivity index (χ1) is 5.88. The van der Waals surface area contributed by atoms with Crippen LogP contribution < -0.4 is 0 Å². The Balaban J connectivity index is 2.01. The lowest BCUT2D eigenvalue weighted by Crippen LogP contribution is -2.42. The third kappa shape index (κ3) is 1.64. The van der Waals surface area contributed by atoms with Crippen LogP contribution in [0.4, 0.5) is 0 Å². The van der Waals surface area contributed by atoms with Gasteiger partial charge < -0.3 is 9.64 Å². The summed E-state index contributed by atoms with van der Waals surface area (Å²) in [6, 6.07) is 0.723. The summed E-state index contributed by atoms with van der Waals surface area (Å²) in [5.74, 6) is 0. The molecule has 0 radical (unpaired) electrons. The predicted octanol–water partition coefficient (Wildman–Crippen LogP) is 1.65. The molecule has 1 aliphatic heterocycles. The van der Waals surface area contributed by atoms with E-state index >= 15 is 0 Å². The molecule has 1 saturated heterocycles. The summed E-state index contributed by atoms with van der Waals surface area (Å²) in [4.78, 5) is 2.50. The first-order valence-electron chi connectivity index (χ1n) is 5.20. The summed E-state index contributed by atoms with van der Waals surface area (Å²) in [6.07, 6.45) is 7.16. The lowest BCUT2D eigenvalue weighted by molar-refractivity contribution is -0.00217. The zero-order chi connectivity index (χ0) is 8.39. The van der Waals surface area contributed by atoms with Crippen LogP contribution in [0.5, 0.6) is 0 Å². The largest absolute Gasteiger partial charge is 0.377 e. The summed E-state index contributed by atoms with van der Waals surface area (Å²) in [6.45, 7) is 2.20. The lowest BCUT2D eigenvalue weighted by atomic mass is 9.92. The average molecular weight is 169 g/mol. The number of hydrogen-bond acceptors (Lipinski definition) is 2. The van der Waals surface area contributed by atoms with Gasteiger partial charge in [0.25, 0.3) is 0 Å². The van der Waals surface area contributed by atoms with E-state index in [1.807, 2.05) is 0 Å². The zero-order valence-electron chi connectivity index (χ0n) is 7.96. The van der Waals surface area contributed by atoms with Gasteiger partial charge in [-0.1, -0.05) is 12.8 Å². The molecular formula is C10H19NO. The molecule has 70 valence electrons. The fraction of sp³-hybridized carbons (Fsp3) is 1.00. The molecule has 2 rings (SSSR count). The number of fused-ring (bicyclic) bond motifs is 1. The van der Waals surface area contributed by atoms with Gasteiger partial charge in [-0.25, -0.2) is 0 Å². The molecule has 0 aromatic rings. The fourth-order valence-corrected chi connectivity index (χ4v) is 2.49. The van der Waals surface area contributed by atoms with Crippen LogP contribution in [0, 0.1) is 0 Å². The predicted molar refractivity (Wildman–Crippen MR) is 49.2 cm³/mol. The Morgan fingerprint density at radius 2 is 2.00 bits per heavy atom. The van der Waals surface area contributed by atoms with Crippen molar-refractivity contribution in [1.29, 1.82) is 0 Å². The summed E-state index contributed by atoms with van der Waals surface area (Å²) < 4.78 is 5.84. The van der Waals surface area contributed by atoms with Gasteiger partial charge >= 0.3 is 0 Å². The fourth-order valence-electron chi connectivity index (χ4n) is 2.49. The Kier molecular flexibility index (Phi) is 2.66. The van der Waals surface area contributed by atoms with Crippen molar-refractivity contribution in [3.8, 4) is 0 Å². The molecule has 0 aromatic heterocycles. The molecule has 2 aliphatic rings. The average Bonchev–Trinajstić information content (AvgIpc) is 2.29. The second kappa shape index (κ2) is 3.75. The third-order valence-corrected chi connectivity index (χ3v) is 3.22. The Hall–Kier alpha value is -0.0800. The quantitative estimate of drug-likeness (QED) is 0.546. The van der Waals surface area contributed by atoms with Gasteiger partial charge in [0.2, 0.25) is 0 Å². The number of rotatable bonds is 0. The van der Waals surface area contributed by atoms with E-state index in [4.69, 9.17) is 4.74 Å². The molecule has 2 atom stereocenters. The van der Waals surface area contributed by atoms with E-state index in [2.05, 4.69) is 11.9 Å². The number of ether oxygens (including phenoxy) is 1. The minimum atomic E-state index is 0.547. The molecule has 0 bridgehead atoms. The first-order valence-corrected chi connectivity index (χ1v) is 5.20. The van der Waals surface area contributed by atoms with Gasteiger partial charge in [-0.05, 0) is 26.3 Å². The van der Waals surface area contributed by atoms with Crippen LogP contribution in [0.3, 0.4) is 0 Å². The van der Waals surface area contributed by atoms with Gasteiger partial charge in [-0.2, -0.15) is 0 Å². The Morgan fingerprint density at radius 1 is 1.17 bits per heavy atom. The van der Waals surface area contributed by atoms with Crippen LogP contribution >= 0.6 is 0 Å². The van der Waals surface area contributed by atoms with Gasteiger partial charge in [0.1, 0.15) is 0 Å². The van der Waals surface area contributed by atoms with Gasteiger partial charge in [0.05, 0.1) is 6.10 Å². The normalized spacial score (nSPS) is 38.8. The molecule has 2 nitrogen and oxygen atoms in total. The van der Waals surface area contributed by atoms with E-state index in [0.29, 0.717) is 6.10 Å². The Labute approximate surface area is 74.9 Å². The van der Waals surface area contributed by atoms with Crippen molar-refractivity contribution in [3.63, 3.8) is 0 Å². The summed E-state index contributed by atoms with van der Waals surface area (Å²) in [5.41, 5.74) is 0. The lowest BCUT2D eigenvalue weighted by Gasteiger charge is -2.35. The van der Waals surface area contributed by atoms with Crippen molar-refractivity contribution in [2.45, 2.75) is 44.2 Å². The van der Waals surface area contributed by atoms with Crippen molar-refractivity contribution in [2.75, 3.05) is 20.2 Å². The van der Waals surface area contributed by atoms with Crippen molar-refractivity contribution < 1.29 is 4.74 Å². The molecule has 12 heavy (non-hydrogen) atoms. The number of nitrogens with zero attached hydrogens (tertiary/aromatic N) is 1. The van der Waals surface area contributed by atoms with Crippen LogP contribution in [0.2, 0.25) is 0 Å². The maximum atomic E-state index is 5.84. The summed E-state index contributed by atoms with van der Waals surface area (Å²) in [7, 11) is 2.25. The number of hydrogen-bond donors (Lipinski definition) is 0. The van der Waals surface area contributed by atoms with Crippen LogP contribution in [-0.2, 0) is 4.74 Å². The molecule has 1 heterocycles. The first kappa shape index (κ1) is 8.52. The van der Waals surface area contributed by atoms with Gasteiger partial charge in [0.15, 0.2) is 0 Å². The number of likely N-dealkylation sites (N-methyl/N-ethyl adjacent to an activating group) is 1. The highest BCUT2D eigenvalue weighted by Crippen LogP contribution is 2.26. The van der Waals surface area contributed by atoms with Crippen LogP contribution in [0.15, 0.2) is 0 Å². The second-order valence-corrected chi connectivity index (χ2v) is 4.10. The summed E-state index contributed by atoms with van der Waals surface area (Å²) >= 11 is 0. The second-order valence-electron chi connectivity index (χ2n) is 4.10. The molecule has 0 spiro atoms. The van der Waals surface area contributed by atoms with Crippen LogP contribution in [-0.4, -0.2) is 37.2 Å². The minimum absolute atomic E-state index is 0.547. The topological polar surface area (TPSA) is 12.5 Å². The highest BCUT2D eigenvalue weighted by molar-refractivity contribution is 4.84. The standard InChI is InChI=1S/C10H19NO/c1-11-7-4-8-12-10-6-3-2-5-9(10)11/h9-10H,2-8H2,1H3. The Bertz CT molecular complexity index is 149. The van der Waals surface area contributed by atoms with Crippen LogP contribution in [0.1, 0.15) is 32.1 Å². The van der Waals surface area contributed by atoms with E-state index in [0.717, 1.165) is 12.6 Å². The molecule has 0 amide bonds. The molecule has 2 fully saturated rings. The van der Waals surface area contributed by atoms with Gasteiger partial charge in [0, 0.05) is 19.2 Å². The van der Waals surface area contributed by atoms with E-state index in [1.54, 1.807) is 0 Å². The van der Waals surface area contributed by atoms with E-state index in [1.165, 1.54) is 38.6 Å². The summed E-state index contributed by atoms with van der Waals surface area (Å²) in [5, 5.41) is 0. The Morgan fingerprint density at radius 3 is 2.92 bits per heavy atom. The monoisotopic (exact) mass is 169 g/mol. The maximum absolute atomic E-state index is 5.84. The minimum Gasteiger partial charge on any atom is -0.377 e. The van der Waals surface area contributed by atoms with Crippen LogP contribution in [0.25, 0.3) is 0 Å². The SMILES string of the molecule is CN1CCCOC2CCCCC21. The van der Waals surface area contributed by atoms with Gasteiger partial charge in [-0.15, -0.1) is 0 Å². The van der Waals surface area contributed by atoms with E-state index in [-0.39, 0.29) is 0 Å². The maximum Gasteiger partial charge on any atom is 0.0730 e. The highest BCUT2D eigenvalue weighted by atomic mass is 16.5. The molecule has 0 N–H and O–H groups in total. The molecule has 1 aliphatic carbocycles. The molecule has 2 unspecified atom stereocenters. The molecule has 1 saturated carbocycles. The molecular weight excluding hydrogens is 150 g/mol. The zero-order valence-corrected chi connectivity index (χ0v) is 7.96. The van der Waals surface area contributed by atoms with Gasteiger partial charge in [-0.3, -0.25) is 0 Å². The third-order valence-electron chi connectivity index (χ3n) is 3.22. The highest BCUT2D eigenvalue weighted by Gasteiger charge is 2.30. The van der Waals surface area contributed by atoms with E-state index in [9.17, 15) is 0 Å². The van der Waals surface area contributed by atoms with Crippen molar-refractivity contribution in [2.24, 2.45) is 0 Å².